The van der Waals surface area contributed by atoms with E-state index in [9.17, 15) is 4.79 Å². The van der Waals surface area contributed by atoms with Crippen LogP contribution in [0.4, 0.5) is 32.8 Å². The number of amides is 1. The number of allylic oxidation sites excluding steroid dienone is 1. The van der Waals surface area contributed by atoms with Crippen molar-refractivity contribution in [3.05, 3.63) is 77.8 Å². The van der Waals surface area contributed by atoms with Gasteiger partial charge in [-0.2, -0.15) is 0 Å². The Bertz CT molecular complexity index is 1590. The summed E-state index contributed by atoms with van der Waals surface area (Å²) in [6.45, 7) is 4.78. The summed E-state index contributed by atoms with van der Waals surface area (Å²) in [6.07, 6.45) is 10.1. The molecule has 0 spiro atoms. The summed E-state index contributed by atoms with van der Waals surface area (Å²) in [5, 5.41) is 17.1. The lowest BCUT2D eigenvalue weighted by Gasteiger charge is -2.33. The highest BCUT2D eigenvalue weighted by Gasteiger charge is 2.38. The minimum absolute atomic E-state index is 0.0811. The third kappa shape index (κ3) is 4.85. The van der Waals surface area contributed by atoms with Crippen molar-refractivity contribution in [3.63, 3.8) is 0 Å². The van der Waals surface area contributed by atoms with Crippen molar-refractivity contribution in [2.45, 2.75) is 45.1 Å². The summed E-state index contributed by atoms with van der Waals surface area (Å²) in [4.78, 5) is 18.9. The quantitative estimate of drug-likeness (QED) is 0.236. The van der Waals surface area contributed by atoms with Crippen LogP contribution in [0.2, 0.25) is 0 Å². The number of benzene rings is 2. The van der Waals surface area contributed by atoms with Crippen molar-refractivity contribution in [2.75, 3.05) is 45.8 Å². The van der Waals surface area contributed by atoms with Crippen LogP contribution < -0.4 is 31.5 Å². The molecule has 1 unspecified atom stereocenters. The Morgan fingerprint density at radius 1 is 1.10 bits per heavy atom. The molecule has 210 valence electrons. The van der Waals surface area contributed by atoms with E-state index in [0.717, 1.165) is 59.1 Å². The number of piperidine rings is 1. The summed E-state index contributed by atoms with van der Waals surface area (Å²) < 4.78 is 15.6. The Hall–Kier alpha value is -4.53. The van der Waals surface area contributed by atoms with Crippen molar-refractivity contribution < 1.29 is 9.18 Å². The fourth-order valence-corrected chi connectivity index (χ4v) is 6.10. The number of nitrogens with zero attached hydrogens (tertiary/aromatic N) is 2. The minimum Gasteiger partial charge on any atom is -0.382 e. The van der Waals surface area contributed by atoms with Crippen molar-refractivity contribution in [1.82, 2.24) is 10.3 Å². The van der Waals surface area contributed by atoms with E-state index in [1.807, 2.05) is 19.2 Å². The molecule has 1 atom stereocenters. The number of hydrogen-bond donors (Lipinski definition) is 5. The molecule has 3 aromatic rings. The van der Waals surface area contributed by atoms with Gasteiger partial charge in [0.2, 0.25) is 5.91 Å². The number of halogens is 1. The van der Waals surface area contributed by atoms with Gasteiger partial charge in [0.1, 0.15) is 5.82 Å². The second-order valence-corrected chi connectivity index (χ2v) is 11.1. The molecule has 5 heterocycles. The molecule has 0 radical (unpaired) electrons. The van der Waals surface area contributed by atoms with E-state index in [1.165, 1.54) is 24.9 Å². The molecule has 1 aromatic heterocycles. The van der Waals surface area contributed by atoms with E-state index >= 15 is 4.39 Å². The topological polar surface area (TPSA) is 103 Å². The van der Waals surface area contributed by atoms with Crippen molar-refractivity contribution in [1.29, 1.82) is 0 Å². The number of rotatable bonds is 6. The molecule has 0 bridgehead atoms. The average molecular weight is 552 g/mol. The fraction of sp³-hybridized carbons (Fsp3) is 0.312. The number of carbonyl (C=O) groups excluding carboxylic acids is 1. The zero-order valence-electron chi connectivity index (χ0n) is 23.1. The molecule has 0 saturated carbocycles. The molecule has 4 aliphatic rings. The zero-order chi connectivity index (χ0) is 27.9. The van der Waals surface area contributed by atoms with Crippen LogP contribution in [0.15, 0.2) is 66.4 Å². The third-order valence-electron chi connectivity index (χ3n) is 8.19. The lowest BCUT2D eigenvalue weighted by molar-refractivity contribution is -0.116. The summed E-state index contributed by atoms with van der Waals surface area (Å²) in [5.74, 6) is -0.425. The van der Waals surface area contributed by atoms with Crippen LogP contribution in [-0.4, -0.2) is 36.6 Å². The molecule has 2 aromatic carbocycles. The predicted octanol–water partition coefficient (Wildman–Crippen LogP) is 6.10. The molecule has 5 N–H and O–H groups in total. The van der Waals surface area contributed by atoms with Gasteiger partial charge < -0.3 is 31.5 Å². The molecular formula is C32H34FN7O. The Kier molecular flexibility index (Phi) is 6.49. The molecule has 1 amide bonds. The average Bonchev–Trinajstić information content (AvgIpc) is 3.77. The molecule has 0 aliphatic carbocycles. The van der Waals surface area contributed by atoms with Gasteiger partial charge in [0.05, 0.1) is 40.7 Å². The lowest BCUT2D eigenvalue weighted by Crippen LogP contribution is -2.30. The largest absolute Gasteiger partial charge is 0.382 e. The standard InChI is InChI=1S/C32H34FN7O/c1-2-7-29(41)37-20-12-19(15-34-16-20)21-13-22-25(14-23(21)33)35-18-27-32(39-27)30(22)26-17-36-31-24(38-26)8-6-9-28(31)40-10-4-3-5-11-40/h6,8-9,12-17,27,35-36,38-39H,2-5,7,10-11,18H2,1H3,(H,37,41). The van der Waals surface area contributed by atoms with Crippen LogP contribution in [-0.2, 0) is 4.79 Å². The number of nitrogens with one attached hydrogen (secondary N) is 5. The molecule has 8 nitrogen and oxygen atoms in total. The van der Waals surface area contributed by atoms with Gasteiger partial charge in [-0.05, 0) is 56.0 Å². The Morgan fingerprint density at radius 3 is 2.83 bits per heavy atom. The van der Waals surface area contributed by atoms with Crippen LogP contribution in [0.3, 0.4) is 0 Å². The molecule has 2 saturated heterocycles. The first-order valence-electron chi connectivity index (χ1n) is 14.5. The Labute approximate surface area is 239 Å². The van der Waals surface area contributed by atoms with Gasteiger partial charge in [0, 0.05) is 72.1 Å². The maximum Gasteiger partial charge on any atom is 0.224 e. The molecule has 9 heteroatoms. The fourth-order valence-electron chi connectivity index (χ4n) is 6.10. The number of fused-ring (bicyclic) bond motifs is 3. The van der Waals surface area contributed by atoms with E-state index in [4.69, 9.17) is 0 Å². The van der Waals surface area contributed by atoms with Crippen LogP contribution in [0.1, 0.15) is 44.6 Å². The lowest BCUT2D eigenvalue weighted by atomic mass is 9.94. The van der Waals surface area contributed by atoms with Gasteiger partial charge in [0.25, 0.3) is 0 Å². The van der Waals surface area contributed by atoms with E-state index in [1.54, 1.807) is 24.5 Å². The predicted molar refractivity (Wildman–Crippen MR) is 163 cm³/mol. The van der Waals surface area contributed by atoms with E-state index in [0.29, 0.717) is 29.8 Å². The number of carbonyl (C=O) groups is 1. The molecule has 2 fully saturated rings. The van der Waals surface area contributed by atoms with E-state index in [2.05, 4.69) is 54.7 Å². The van der Waals surface area contributed by atoms with Crippen LogP contribution in [0.5, 0.6) is 0 Å². The molecule has 7 rings (SSSR count). The van der Waals surface area contributed by atoms with Gasteiger partial charge in [-0.25, -0.2) is 4.39 Å². The third-order valence-corrected chi connectivity index (χ3v) is 8.19. The normalized spacial score (nSPS) is 18.7. The zero-order valence-corrected chi connectivity index (χ0v) is 23.1. The number of hydrogen-bond acceptors (Lipinski definition) is 7. The number of anilines is 5. The minimum atomic E-state index is -0.344. The van der Waals surface area contributed by atoms with Crippen LogP contribution in [0.25, 0.3) is 16.7 Å². The smallest absolute Gasteiger partial charge is 0.224 e. The van der Waals surface area contributed by atoms with Crippen molar-refractivity contribution in [3.8, 4) is 11.1 Å². The first-order chi connectivity index (χ1) is 20.1. The Morgan fingerprint density at radius 2 is 1.98 bits per heavy atom. The van der Waals surface area contributed by atoms with Gasteiger partial charge in [-0.1, -0.05) is 13.0 Å². The van der Waals surface area contributed by atoms with Gasteiger partial charge in [-0.15, -0.1) is 0 Å². The highest BCUT2D eigenvalue weighted by Crippen LogP contribution is 2.45. The maximum absolute atomic E-state index is 15.6. The van der Waals surface area contributed by atoms with Gasteiger partial charge in [-0.3, -0.25) is 9.78 Å². The van der Waals surface area contributed by atoms with Crippen molar-refractivity contribution >= 4 is 39.9 Å². The Balaban J connectivity index is 1.24. The monoisotopic (exact) mass is 551 g/mol. The summed E-state index contributed by atoms with van der Waals surface area (Å²) in [5.41, 5.74) is 9.64. The first-order valence-corrected chi connectivity index (χ1v) is 14.5. The molecule has 4 aliphatic heterocycles. The second-order valence-electron chi connectivity index (χ2n) is 11.1. The van der Waals surface area contributed by atoms with Gasteiger partial charge in [0.15, 0.2) is 0 Å². The number of aromatic nitrogens is 1. The SMILES string of the molecule is CCCC(=O)Nc1cncc(-c2cc3c(cc2F)NCC2NC2=C3C2=CNc3c(cccc3N3CCCCC3)N2)c1. The number of para-hydroxylation sites is 1. The summed E-state index contributed by atoms with van der Waals surface area (Å²) in [7, 11) is 0. The molecule has 41 heavy (non-hydrogen) atoms. The van der Waals surface area contributed by atoms with Crippen molar-refractivity contribution in [2.24, 2.45) is 0 Å². The van der Waals surface area contributed by atoms with Gasteiger partial charge >= 0.3 is 0 Å². The number of pyridine rings is 1. The second kappa shape index (κ2) is 10.5. The van der Waals surface area contributed by atoms with Crippen LogP contribution >= 0.6 is 0 Å². The highest BCUT2D eigenvalue weighted by molar-refractivity contribution is 5.98. The molecular weight excluding hydrogens is 517 g/mol. The summed E-state index contributed by atoms with van der Waals surface area (Å²) in [6, 6.07) is 11.8. The van der Waals surface area contributed by atoms with Crippen LogP contribution in [0, 0.1) is 5.82 Å². The summed E-state index contributed by atoms with van der Waals surface area (Å²) >= 11 is 0. The van der Waals surface area contributed by atoms with E-state index in [-0.39, 0.29) is 17.8 Å². The maximum atomic E-state index is 15.6. The van der Waals surface area contributed by atoms with E-state index < -0.39 is 0 Å². The first kappa shape index (κ1) is 25.4. The highest BCUT2D eigenvalue weighted by atomic mass is 19.1.